The number of hydrogen-bond donors (Lipinski definition) is 8. The second kappa shape index (κ2) is 26.1. The van der Waals surface area contributed by atoms with E-state index in [2.05, 4.69) is 40.1 Å². The van der Waals surface area contributed by atoms with Gasteiger partial charge >= 0.3 is 215 Å². The van der Waals surface area contributed by atoms with Crippen LogP contribution in [0.1, 0.15) is 108 Å². The van der Waals surface area contributed by atoms with Gasteiger partial charge in [-0.1, -0.05) is 23.5 Å². The number of carbonyl (C=O) groups excluding carboxylic acids is 3. The quantitative estimate of drug-likeness (QED) is 0.0310. The van der Waals surface area contributed by atoms with Crippen molar-refractivity contribution >= 4 is 82.2 Å². The van der Waals surface area contributed by atoms with Crippen LogP contribution in [0.3, 0.4) is 0 Å². The molecule has 90 heavy (non-hydrogen) atoms. The van der Waals surface area contributed by atoms with Gasteiger partial charge in [0, 0.05) is 54.6 Å². The first-order valence-electron chi connectivity index (χ1n) is 29.7. The number of fused-ring (bicyclic) bond motifs is 2. The molecule has 6 heterocycles. The maximum atomic E-state index is 13.8. The fourth-order valence-corrected chi connectivity index (χ4v) is 16.1. The van der Waals surface area contributed by atoms with Crippen molar-refractivity contribution in [2.45, 2.75) is 128 Å². The van der Waals surface area contributed by atoms with E-state index in [9.17, 15) is 54.1 Å². The number of aliphatic hydroxyl groups excluding tert-OH is 3. The average Bonchev–Trinajstić information content (AvgIpc) is 0.726. The first kappa shape index (κ1) is 63.7. The summed E-state index contributed by atoms with van der Waals surface area (Å²) in [7, 11) is -0.300. The van der Waals surface area contributed by atoms with Crippen LogP contribution in [0.15, 0.2) is 79.1 Å². The Labute approximate surface area is 522 Å². The number of pyridine rings is 2. The Bertz CT molecular complexity index is 3860. The van der Waals surface area contributed by atoms with E-state index in [1.807, 2.05) is 40.8 Å². The fourth-order valence-electron chi connectivity index (χ4n) is 15.1. The second-order valence-electron chi connectivity index (χ2n) is 25.0. The fraction of sp³-hybridized carbons (Fsp3) is 0.460. The molecule has 0 radical (unpaired) electrons. The van der Waals surface area contributed by atoms with Crippen LogP contribution in [0.25, 0.3) is 27.6 Å². The van der Waals surface area contributed by atoms with Crippen LogP contribution in [0.2, 0.25) is 0 Å². The molecular formula is C63H71N10O15PS. The van der Waals surface area contributed by atoms with E-state index in [0.717, 1.165) is 60.2 Å². The number of carbonyl (C=O) groups is 5. The molecule has 4 aromatic heterocycles. The third-order valence-electron chi connectivity index (χ3n) is 17.7. The zero-order valence-electron chi connectivity index (χ0n) is 49.9. The normalized spacial score (nSPS) is 25.8. The molecule has 9 N–H and O–H groups in total. The molecule has 0 spiro atoms. The van der Waals surface area contributed by atoms with Gasteiger partial charge in [0.05, 0.1) is 6.20 Å². The summed E-state index contributed by atoms with van der Waals surface area (Å²) >= 11 is 1.30. The van der Waals surface area contributed by atoms with E-state index < -0.39 is 60.2 Å². The summed E-state index contributed by atoms with van der Waals surface area (Å²) in [4.78, 5) is 82.9. The van der Waals surface area contributed by atoms with Gasteiger partial charge in [0.2, 0.25) is 12.2 Å². The number of carboxylic acid groups (broad SMARTS) is 2. The first-order chi connectivity index (χ1) is 43.1. The van der Waals surface area contributed by atoms with Gasteiger partial charge in [0.15, 0.2) is 16.9 Å². The topological polar surface area (TPSA) is 354 Å². The molecule has 12 rings (SSSR count). The number of anilines is 3. The molecule has 4 aliphatic carbocycles. The van der Waals surface area contributed by atoms with Crippen molar-refractivity contribution in [3.8, 4) is 22.5 Å². The van der Waals surface area contributed by atoms with E-state index in [-0.39, 0.29) is 92.9 Å². The molecule has 6 aromatic rings. The van der Waals surface area contributed by atoms with E-state index >= 15 is 0 Å². The molecule has 5 fully saturated rings. The van der Waals surface area contributed by atoms with Gasteiger partial charge in [-0.2, -0.15) is 5.10 Å². The van der Waals surface area contributed by atoms with Gasteiger partial charge in [-0.15, -0.1) is 0 Å². The third kappa shape index (κ3) is 13.6. The number of nitrogens with one attached hydrogen (secondary N) is 2. The minimum absolute atomic E-state index is 0.0293. The van der Waals surface area contributed by atoms with Crippen LogP contribution in [-0.4, -0.2) is 161 Å². The summed E-state index contributed by atoms with van der Waals surface area (Å²) in [5.41, 5.74) is 13.0. The number of aromatic carboxylic acids is 1. The number of rotatable bonds is 22. The molecule has 474 valence electrons. The summed E-state index contributed by atoms with van der Waals surface area (Å²) in [5, 5.41) is 62.2. The number of aromatic nitrogens is 5. The predicted octanol–water partition coefficient (Wildman–Crippen LogP) is 7.26. The molecule has 7 atom stereocenters. The summed E-state index contributed by atoms with van der Waals surface area (Å²) < 4.78 is 37.2. The number of benzene rings is 2. The molecule has 3 amide bonds. The van der Waals surface area contributed by atoms with Crippen molar-refractivity contribution in [3.63, 3.8) is 0 Å². The Morgan fingerprint density at radius 3 is 2.48 bits per heavy atom. The van der Waals surface area contributed by atoms with Crippen LogP contribution < -0.4 is 26.0 Å². The SMILES string of the molecule is Cc1c(-c2ccc(N3CCc4cccc(C(=O)Nc5nc6cccnc6s5)c4C3)nc2C(=O)O)cnn1CC12CC3(C)CC(C)(C1)CC(OCCN(CCC#P=O)C(=O)OC/C=C/c1ccc(O[C@@H]4O[C@H](C(=O)O)[C@@H](O)[C@H](O)[C@H]4O)c(NC(=O)CCN)c1)(C3)C2. The predicted molar refractivity (Wildman–Crippen MR) is 331 cm³/mol. The summed E-state index contributed by atoms with van der Waals surface area (Å²) in [6.07, 6.45) is 2.73. The zero-order chi connectivity index (χ0) is 63.7. The number of thiazole rings is 1. The summed E-state index contributed by atoms with van der Waals surface area (Å²) in [6, 6.07) is 17.4. The van der Waals surface area contributed by atoms with Crippen molar-refractivity contribution in [2.24, 2.45) is 22.0 Å². The van der Waals surface area contributed by atoms with Crippen molar-refractivity contribution in [3.05, 3.63) is 113 Å². The van der Waals surface area contributed by atoms with Crippen molar-refractivity contribution in [1.29, 1.82) is 0 Å². The van der Waals surface area contributed by atoms with Crippen molar-refractivity contribution in [1.82, 2.24) is 29.6 Å². The Hall–Kier alpha value is -7.90. The van der Waals surface area contributed by atoms with Gasteiger partial charge in [-0.3, -0.25) is 14.9 Å². The number of hydrogen-bond acceptors (Lipinski definition) is 20. The van der Waals surface area contributed by atoms with Crippen LogP contribution in [0.5, 0.6) is 5.75 Å². The third-order valence-corrected chi connectivity index (χ3v) is 19.0. The molecular weight excluding hydrogens is 1200 g/mol. The molecule has 4 saturated carbocycles. The van der Waals surface area contributed by atoms with Crippen LogP contribution >= 0.6 is 19.3 Å². The minimum atomic E-state index is -1.94. The Morgan fingerprint density at radius 1 is 0.933 bits per heavy atom. The second-order valence-corrected chi connectivity index (χ2v) is 26.4. The number of amides is 3. The van der Waals surface area contributed by atoms with Crippen LogP contribution in [-0.2, 0) is 47.9 Å². The van der Waals surface area contributed by atoms with Gasteiger partial charge in [0.1, 0.15) is 40.2 Å². The number of nitrogens with two attached hydrogens (primary N) is 1. The van der Waals surface area contributed by atoms with E-state index in [1.54, 1.807) is 48.8 Å². The Balaban J connectivity index is 0.739. The number of nitrogens with zero attached hydrogens (tertiary/aromatic N) is 7. The van der Waals surface area contributed by atoms with Gasteiger partial charge < -0.3 is 51.0 Å². The number of carboxylic acids is 2. The average molecular weight is 1270 g/mol. The van der Waals surface area contributed by atoms with Crippen molar-refractivity contribution < 1.29 is 73.0 Å². The molecule has 4 bridgehead atoms. The number of aliphatic hydroxyl groups is 3. The number of ether oxygens (including phenoxy) is 4. The molecule has 1 saturated heterocycles. The standard InChI is InChI=1S/C63H71N10O15PS/c1-36-41(39-13-15-46(69-48(39)55(79)80)72-21-17-38-9-4-10-40(42(38)28-72)53(78)70-58-68-43-11-5-19-65-54(43)90-58)27-66-73(36)35-62-30-60(2)29-61(3,31-62)33-63(32-60,34-62)86-24-22-71(20-7-25-89-84)59(83)85-23-6-8-37-12-14-45(44(26-37)67-47(74)16-18-64)87-57-51(77)49(75)50(76)52(88-57)56(81)82/h4-6,8-15,19,26-27,49-52,57,75-77H,7,16-18,20-24,28-35,64H2,1-3H3,(H,67,74)(H,79,80)(H,81,82)(H,68,70,78)/b8-6+/t49-,50-,51+,52-,57+,60?,61?,62?,63?/m0/s1. The van der Waals surface area contributed by atoms with E-state index in [1.165, 1.54) is 28.4 Å². The van der Waals surface area contributed by atoms with Gasteiger partial charge in [0.25, 0.3) is 5.91 Å². The van der Waals surface area contributed by atoms with E-state index in [4.69, 9.17) is 34.8 Å². The number of aliphatic carboxylic acids is 1. The Morgan fingerprint density at radius 2 is 1.73 bits per heavy atom. The molecule has 2 aliphatic heterocycles. The summed E-state index contributed by atoms with van der Waals surface area (Å²) in [6.45, 7) is 8.51. The van der Waals surface area contributed by atoms with Gasteiger partial charge in [-0.05, 0) is 54.8 Å². The molecule has 2 unspecified atom stereocenters. The molecule has 2 aromatic carbocycles. The molecule has 25 nitrogen and oxygen atoms in total. The Kier molecular flexibility index (Phi) is 18.5. The maximum absolute atomic E-state index is 13.8. The van der Waals surface area contributed by atoms with Crippen LogP contribution in [0.4, 0.5) is 21.4 Å². The van der Waals surface area contributed by atoms with Crippen LogP contribution in [0, 0.1) is 28.8 Å². The zero-order valence-corrected chi connectivity index (χ0v) is 51.6. The van der Waals surface area contributed by atoms with Crippen molar-refractivity contribution in [2.75, 3.05) is 54.9 Å². The van der Waals surface area contributed by atoms with Gasteiger partial charge in [-0.25, -0.2) is 24.5 Å². The molecule has 27 heteroatoms. The monoisotopic (exact) mass is 1270 g/mol. The summed E-state index contributed by atoms with van der Waals surface area (Å²) in [5.74, 6) is -3.13. The first-order valence-corrected chi connectivity index (χ1v) is 31.4. The van der Waals surface area contributed by atoms with E-state index in [0.29, 0.717) is 64.8 Å². The molecule has 6 aliphatic rings.